The Bertz CT molecular complexity index is 913. The molecule has 0 bridgehead atoms. The van der Waals surface area contributed by atoms with Crippen molar-refractivity contribution in [1.29, 1.82) is 0 Å². The van der Waals surface area contributed by atoms with Gasteiger partial charge in [-0.2, -0.15) is 4.31 Å². The van der Waals surface area contributed by atoms with E-state index in [0.717, 1.165) is 42.6 Å². The molecular formula is C21H31Cl2FN4O4S. The first-order chi connectivity index (χ1) is 15.6. The molecule has 3 rings (SSSR count). The van der Waals surface area contributed by atoms with E-state index in [1.165, 1.54) is 19.9 Å². The zero-order chi connectivity index (χ0) is 24.2. The van der Waals surface area contributed by atoms with E-state index in [-0.39, 0.29) is 40.6 Å². The van der Waals surface area contributed by atoms with E-state index < -0.39 is 15.8 Å². The highest BCUT2D eigenvalue weighted by molar-refractivity contribution is 7.89. The molecule has 0 N–H and O–H groups in total. The summed E-state index contributed by atoms with van der Waals surface area (Å²) in [7, 11) is -0.548. The van der Waals surface area contributed by atoms with Gasteiger partial charge in [0.1, 0.15) is 17.3 Å². The van der Waals surface area contributed by atoms with E-state index in [9.17, 15) is 17.6 Å². The minimum Gasteiger partial charge on any atom is -0.370 e. The Kier molecular flexibility index (Phi) is 9.36. The maximum absolute atomic E-state index is 13.4. The minimum absolute atomic E-state index is 0.0104. The van der Waals surface area contributed by atoms with E-state index in [1.807, 2.05) is 0 Å². The summed E-state index contributed by atoms with van der Waals surface area (Å²) in [4.78, 5) is 18.7. The number of benzene rings is 1. The van der Waals surface area contributed by atoms with E-state index in [2.05, 4.69) is 16.8 Å². The van der Waals surface area contributed by atoms with Crippen LogP contribution in [0.4, 0.5) is 4.39 Å². The molecular weight excluding hydrogens is 494 g/mol. The maximum Gasteiger partial charge on any atom is 0.248 e. The third kappa shape index (κ3) is 6.78. The van der Waals surface area contributed by atoms with Gasteiger partial charge in [0, 0.05) is 45.8 Å². The van der Waals surface area contributed by atoms with Crippen molar-refractivity contribution >= 4 is 39.1 Å². The number of likely N-dealkylation sites (tertiary alicyclic amines) is 1. The Balaban J connectivity index is 1.40. The van der Waals surface area contributed by atoms with Gasteiger partial charge in [0.25, 0.3) is 0 Å². The molecule has 2 heterocycles. The number of hydrogen-bond acceptors (Lipinski definition) is 6. The van der Waals surface area contributed by atoms with Crippen molar-refractivity contribution in [3.8, 4) is 0 Å². The fourth-order valence-corrected chi connectivity index (χ4v) is 6.47. The van der Waals surface area contributed by atoms with Gasteiger partial charge in [-0.15, -0.1) is 0 Å². The quantitative estimate of drug-likeness (QED) is 0.484. The maximum atomic E-state index is 13.4. The van der Waals surface area contributed by atoms with Crippen molar-refractivity contribution < 1.29 is 22.3 Å². The van der Waals surface area contributed by atoms with Crippen LogP contribution in [0.2, 0.25) is 10.0 Å². The lowest BCUT2D eigenvalue weighted by Gasteiger charge is -2.42. The number of carbonyl (C=O) groups is 1. The molecule has 0 aromatic heterocycles. The third-order valence-corrected chi connectivity index (χ3v) is 9.06. The Hall–Kier alpha value is -1.01. The van der Waals surface area contributed by atoms with E-state index in [4.69, 9.17) is 27.9 Å². The topological polar surface area (TPSA) is 73.4 Å². The number of rotatable bonds is 8. The molecule has 0 radical (unpaired) electrons. The third-order valence-electron chi connectivity index (χ3n) is 6.28. The molecule has 0 unspecified atom stereocenters. The molecule has 2 saturated heterocycles. The number of piperidine rings is 1. The summed E-state index contributed by atoms with van der Waals surface area (Å²) in [6, 6.07) is 2.39. The summed E-state index contributed by atoms with van der Waals surface area (Å²) >= 11 is 11.8. The van der Waals surface area contributed by atoms with Crippen molar-refractivity contribution in [3.63, 3.8) is 0 Å². The minimum atomic E-state index is -4.04. The largest absolute Gasteiger partial charge is 0.370 e. The second kappa shape index (κ2) is 11.6. The Labute approximate surface area is 205 Å². The second-order valence-corrected chi connectivity index (χ2v) is 11.3. The van der Waals surface area contributed by atoms with Crippen molar-refractivity contribution in [2.24, 2.45) is 0 Å². The van der Waals surface area contributed by atoms with Crippen LogP contribution in [0.25, 0.3) is 0 Å². The molecule has 1 aromatic carbocycles. The monoisotopic (exact) mass is 524 g/mol. The molecule has 1 aromatic rings. The highest BCUT2D eigenvalue weighted by Gasteiger charge is 2.29. The lowest BCUT2D eigenvalue weighted by Crippen LogP contribution is -2.54. The molecule has 8 nitrogen and oxygen atoms in total. The van der Waals surface area contributed by atoms with Gasteiger partial charge in [0.15, 0.2) is 0 Å². The van der Waals surface area contributed by atoms with Crippen molar-refractivity contribution in [2.45, 2.75) is 23.8 Å². The number of carbonyl (C=O) groups excluding carboxylic acids is 1. The van der Waals surface area contributed by atoms with E-state index in [0.29, 0.717) is 19.1 Å². The SMILES string of the molecule is CN1CCC(N2CCN(C(=O)COCCN(C)S(=O)(=O)c3c(Cl)cc(F)cc3Cl)CC2)CC1. The summed E-state index contributed by atoms with van der Waals surface area (Å²) in [5.41, 5.74) is 0. The van der Waals surface area contributed by atoms with Crippen molar-refractivity contribution in [2.75, 3.05) is 73.1 Å². The van der Waals surface area contributed by atoms with Crippen molar-refractivity contribution in [1.82, 2.24) is 19.0 Å². The summed E-state index contributed by atoms with van der Waals surface area (Å²) in [5, 5.41) is -0.579. The number of piperazine rings is 1. The van der Waals surface area contributed by atoms with Gasteiger partial charge in [0.05, 0.1) is 16.7 Å². The molecule has 2 aliphatic rings. The van der Waals surface area contributed by atoms with Crippen LogP contribution < -0.4 is 0 Å². The molecule has 0 atom stereocenters. The number of sulfonamides is 1. The van der Waals surface area contributed by atoms with Crippen LogP contribution in [0.1, 0.15) is 12.8 Å². The zero-order valence-electron chi connectivity index (χ0n) is 19.0. The van der Waals surface area contributed by atoms with Crippen LogP contribution in [0.15, 0.2) is 17.0 Å². The van der Waals surface area contributed by atoms with Crippen LogP contribution in [-0.4, -0.2) is 112 Å². The molecule has 33 heavy (non-hydrogen) atoms. The standard InChI is InChI=1S/C21H31Cl2FN4O4S/c1-25-5-3-17(4-6-25)27-7-9-28(10-8-27)20(29)15-32-12-11-26(2)33(30,31)21-18(22)13-16(24)14-19(21)23/h13-14,17H,3-12,15H2,1-2H3. The molecule has 12 heteroatoms. The average molecular weight is 525 g/mol. The first kappa shape index (κ1) is 26.6. The van der Waals surface area contributed by atoms with Gasteiger partial charge >= 0.3 is 0 Å². The van der Waals surface area contributed by atoms with E-state index >= 15 is 0 Å². The van der Waals surface area contributed by atoms with Gasteiger partial charge in [-0.1, -0.05) is 23.2 Å². The molecule has 0 spiro atoms. The lowest BCUT2D eigenvalue weighted by molar-refractivity contribution is -0.138. The van der Waals surface area contributed by atoms with Crippen LogP contribution in [-0.2, 0) is 19.6 Å². The van der Waals surface area contributed by atoms with Gasteiger partial charge in [-0.05, 0) is 45.1 Å². The normalized spacial score (nSPS) is 19.4. The highest BCUT2D eigenvalue weighted by atomic mass is 35.5. The molecule has 186 valence electrons. The predicted molar refractivity (Wildman–Crippen MR) is 126 cm³/mol. The summed E-state index contributed by atoms with van der Waals surface area (Å²) in [6.45, 7) is 5.19. The summed E-state index contributed by atoms with van der Waals surface area (Å²) in [6.07, 6.45) is 2.33. The Morgan fingerprint density at radius 2 is 1.70 bits per heavy atom. The van der Waals surface area contributed by atoms with Crippen LogP contribution in [0, 0.1) is 5.82 Å². The van der Waals surface area contributed by atoms with Crippen LogP contribution in [0.3, 0.4) is 0 Å². The first-order valence-corrected chi connectivity index (χ1v) is 13.2. The number of halogens is 3. The predicted octanol–water partition coefficient (Wildman–Crippen LogP) is 2.01. The fraction of sp³-hybridized carbons (Fsp3) is 0.667. The van der Waals surface area contributed by atoms with E-state index in [1.54, 1.807) is 4.90 Å². The fourth-order valence-electron chi connectivity index (χ4n) is 4.19. The first-order valence-electron chi connectivity index (χ1n) is 11.0. The highest BCUT2D eigenvalue weighted by Crippen LogP contribution is 2.32. The molecule has 0 saturated carbocycles. The van der Waals surface area contributed by atoms with Gasteiger partial charge < -0.3 is 14.5 Å². The van der Waals surface area contributed by atoms with Crippen LogP contribution >= 0.6 is 23.2 Å². The zero-order valence-corrected chi connectivity index (χ0v) is 21.3. The Morgan fingerprint density at radius 1 is 1.12 bits per heavy atom. The average Bonchev–Trinajstić information content (AvgIpc) is 2.76. The van der Waals surface area contributed by atoms with Crippen molar-refractivity contribution in [3.05, 3.63) is 28.0 Å². The van der Waals surface area contributed by atoms with Gasteiger partial charge in [-0.25, -0.2) is 12.8 Å². The number of amides is 1. The molecule has 2 fully saturated rings. The van der Waals surface area contributed by atoms with Gasteiger partial charge in [0.2, 0.25) is 15.9 Å². The lowest BCUT2D eigenvalue weighted by atomic mass is 10.0. The number of nitrogens with zero attached hydrogens (tertiary/aromatic N) is 4. The number of hydrogen-bond donors (Lipinski definition) is 0. The number of ether oxygens (including phenoxy) is 1. The molecule has 1 amide bonds. The Morgan fingerprint density at radius 3 is 2.27 bits per heavy atom. The molecule has 2 aliphatic heterocycles. The summed E-state index contributed by atoms with van der Waals surface area (Å²) < 4.78 is 45.3. The molecule has 0 aliphatic carbocycles. The summed E-state index contributed by atoms with van der Waals surface area (Å²) in [5.74, 6) is -0.825. The number of likely N-dealkylation sites (N-methyl/N-ethyl adjacent to an activating group) is 1. The smallest absolute Gasteiger partial charge is 0.248 e. The van der Waals surface area contributed by atoms with Gasteiger partial charge in [-0.3, -0.25) is 9.69 Å². The second-order valence-electron chi connectivity index (χ2n) is 8.53. The van der Waals surface area contributed by atoms with Crippen LogP contribution in [0.5, 0.6) is 0 Å².